The molecule has 84 valence electrons. The van der Waals surface area contributed by atoms with Crippen LogP contribution in [-0.4, -0.2) is 38.8 Å². The molecule has 5 nitrogen and oxygen atoms in total. The van der Waals surface area contributed by atoms with Crippen molar-refractivity contribution in [3.05, 3.63) is 12.2 Å². The van der Waals surface area contributed by atoms with Crippen LogP contribution in [0.25, 0.3) is 0 Å². The Morgan fingerprint density at radius 2 is 2.40 bits per heavy atom. The Morgan fingerprint density at radius 3 is 3.13 bits per heavy atom. The topological polar surface area (TPSA) is 60.0 Å². The summed E-state index contributed by atoms with van der Waals surface area (Å²) in [5.41, 5.74) is 5.63. The van der Waals surface area contributed by atoms with E-state index in [1.807, 2.05) is 6.33 Å². The Morgan fingerprint density at radius 1 is 1.53 bits per heavy atom. The monoisotopic (exact) mass is 209 g/mol. The average Bonchev–Trinajstić information content (AvgIpc) is 2.72. The van der Waals surface area contributed by atoms with Crippen molar-refractivity contribution in [1.29, 1.82) is 0 Å². The third kappa shape index (κ3) is 2.18. The summed E-state index contributed by atoms with van der Waals surface area (Å²) in [7, 11) is 0. The van der Waals surface area contributed by atoms with Crippen LogP contribution in [-0.2, 0) is 13.1 Å². The van der Waals surface area contributed by atoms with Crippen LogP contribution in [0.5, 0.6) is 0 Å². The summed E-state index contributed by atoms with van der Waals surface area (Å²) in [4.78, 5) is 2.47. The van der Waals surface area contributed by atoms with E-state index in [4.69, 9.17) is 5.73 Å². The molecule has 1 aliphatic rings. The number of hydrogen-bond acceptors (Lipinski definition) is 4. The third-order valence-corrected chi connectivity index (χ3v) is 3.16. The van der Waals surface area contributed by atoms with E-state index in [0.29, 0.717) is 6.04 Å². The number of nitrogens with two attached hydrogens (primary N) is 1. The predicted molar refractivity (Wildman–Crippen MR) is 58.2 cm³/mol. The molecule has 2 rings (SSSR count). The standard InChI is InChI=1S/C10H19N5/c1-2-9(3-4-11)14-5-6-15-8-12-13-10(15)7-14/h8-9H,2-7,11H2,1H3. The van der Waals surface area contributed by atoms with Crippen molar-refractivity contribution in [2.24, 2.45) is 5.73 Å². The van der Waals surface area contributed by atoms with E-state index in [0.717, 1.165) is 44.8 Å². The lowest BCUT2D eigenvalue weighted by Crippen LogP contribution is -2.41. The molecule has 1 aromatic heterocycles. The molecule has 5 heteroatoms. The molecule has 0 amide bonds. The zero-order valence-corrected chi connectivity index (χ0v) is 9.26. The minimum absolute atomic E-state index is 0.598. The van der Waals surface area contributed by atoms with Crippen LogP contribution in [0.1, 0.15) is 25.6 Å². The van der Waals surface area contributed by atoms with Gasteiger partial charge < -0.3 is 10.3 Å². The van der Waals surface area contributed by atoms with Crippen LogP contribution in [0.2, 0.25) is 0 Å². The van der Waals surface area contributed by atoms with E-state index in [9.17, 15) is 0 Å². The van der Waals surface area contributed by atoms with Crippen LogP contribution in [0.3, 0.4) is 0 Å². The molecule has 1 unspecified atom stereocenters. The molecule has 0 aliphatic carbocycles. The van der Waals surface area contributed by atoms with E-state index in [2.05, 4.69) is 26.6 Å². The maximum atomic E-state index is 5.63. The summed E-state index contributed by atoms with van der Waals surface area (Å²) in [6.45, 7) is 5.99. The van der Waals surface area contributed by atoms with Crippen molar-refractivity contribution in [2.75, 3.05) is 13.1 Å². The van der Waals surface area contributed by atoms with E-state index in [1.54, 1.807) is 0 Å². The first-order valence-electron chi connectivity index (χ1n) is 5.66. The fourth-order valence-electron chi connectivity index (χ4n) is 2.23. The number of hydrogen-bond donors (Lipinski definition) is 1. The summed E-state index contributed by atoms with van der Waals surface area (Å²) in [5.74, 6) is 1.08. The molecule has 1 aromatic rings. The Kier molecular flexibility index (Phi) is 3.33. The van der Waals surface area contributed by atoms with Gasteiger partial charge in [-0.2, -0.15) is 0 Å². The SMILES string of the molecule is CCC(CCN)N1CCn2cnnc2C1. The fraction of sp³-hybridized carbons (Fsp3) is 0.800. The Labute approximate surface area is 90.3 Å². The van der Waals surface area contributed by atoms with Gasteiger partial charge in [-0.05, 0) is 19.4 Å². The first-order chi connectivity index (χ1) is 7.35. The van der Waals surface area contributed by atoms with Crippen LogP contribution in [0.15, 0.2) is 6.33 Å². The summed E-state index contributed by atoms with van der Waals surface area (Å²) in [6.07, 6.45) is 4.05. The van der Waals surface area contributed by atoms with E-state index >= 15 is 0 Å². The van der Waals surface area contributed by atoms with Crippen molar-refractivity contribution < 1.29 is 0 Å². The highest BCUT2D eigenvalue weighted by Crippen LogP contribution is 2.16. The van der Waals surface area contributed by atoms with Gasteiger partial charge in [0.25, 0.3) is 0 Å². The summed E-state index contributed by atoms with van der Waals surface area (Å²) < 4.78 is 2.13. The lowest BCUT2D eigenvalue weighted by atomic mass is 10.1. The second kappa shape index (κ2) is 4.72. The first-order valence-corrected chi connectivity index (χ1v) is 5.66. The Bertz CT molecular complexity index is 309. The highest BCUT2D eigenvalue weighted by Gasteiger charge is 2.22. The molecule has 0 aromatic carbocycles. The fourth-order valence-corrected chi connectivity index (χ4v) is 2.23. The molecule has 0 spiro atoms. The summed E-state index contributed by atoms with van der Waals surface area (Å²) in [6, 6.07) is 0.598. The first kappa shape index (κ1) is 10.6. The minimum Gasteiger partial charge on any atom is -0.330 e. The third-order valence-electron chi connectivity index (χ3n) is 3.16. The van der Waals surface area contributed by atoms with Gasteiger partial charge in [-0.1, -0.05) is 6.92 Å². The zero-order valence-electron chi connectivity index (χ0n) is 9.26. The van der Waals surface area contributed by atoms with Gasteiger partial charge in [0.05, 0.1) is 6.54 Å². The zero-order chi connectivity index (χ0) is 10.7. The summed E-state index contributed by atoms with van der Waals surface area (Å²) in [5, 5.41) is 8.05. The molecular weight excluding hydrogens is 190 g/mol. The number of fused-ring (bicyclic) bond motifs is 1. The van der Waals surface area contributed by atoms with E-state index in [1.165, 1.54) is 0 Å². The van der Waals surface area contributed by atoms with Crippen LogP contribution in [0, 0.1) is 0 Å². The highest BCUT2D eigenvalue weighted by molar-refractivity contribution is 4.91. The lowest BCUT2D eigenvalue weighted by Gasteiger charge is -2.33. The van der Waals surface area contributed by atoms with Gasteiger partial charge in [-0.3, -0.25) is 4.90 Å². The van der Waals surface area contributed by atoms with Gasteiger partial charge >= 0.3 is 0 Å². The van der Waals surface area contributed by atoms with Crippen LogP contribution < -0.4 is 5.73 Å². The molecule has 0 fully saturated rings. The van der Waals surface area contributed by atoms with E-state index in [-0.39, 0.29) is 0 Å². The second-order valence-electron chi connectivity index (χ2n) is 4.05. The molecule has 0 saturated carbocycles. The highest BCUT2D eigenvalue weighted by atomic mass is 15.3. The Balaban J connectivity index is 2.01. The lowest BCUT2D eigenvalue weighted by molar-refractivity contribution is 0.142. The van der Waals surface area contributed by atoms with Crippen molar-refractivity contribution in [3.8, 4) is 0 Å². The van der Waals surface area contributed by atoms with Gasteiger partial charge in [0.15, 0.2) is 0 Å². The van der Waals surface area contributed by atoms with Gasteiger partial charge in [0.2, 0.25) is 0 Å². The molecule has 2 heterocycles. The second-order valence-corrected chi connectivity index (χ2v) is 4.05. The van der Waals surface area contributed by atoms with Crippen LogP contribution in [0.4, 0.5) is 0 Å². The molecule has 0 radical (unpaired) electrons. The number of rotatable bonds is 4. The maximum Gasteiger partial charge on any atom is 0.147 e. The van der Waals surface area contributed by atoms with Crippen LogP contribution >= 0.6 is 0 Å². The molecule has 0 bridgehead atoms. The summed E-state index contributed by atoms with van der Waals surface area (Å²) >= 11 is 0. The van der Waals surface area contributed by atoms with Gasteiger partial charge in [-0.15, -0.1) is 10.2 Å². The largest absolute Gasteiger partial charge is 0.330 e. The van der Waals surface area contributed by atoms with Crippen molar-refractivity contribution >= 4 is 0 Å². The smallest absolute Gasteiger partial charge is 0.147 e. The molecule has 2 N–H and O–H groups in total. The van der Waals surface area contributed by atoms with Crippen molar-refractivity contribution in [3.63, 3.8) is 0 Å². The molecule has 15 heavy (non-hydrogen) atoms. The van der Waals surface area contributed by atoms with Crippen molar-refractivity contribution in [1.82, 2.24) is 19.7 Å². The number of aromatic nitrogens is 3. The molecule has 1 aliphatic heterocycles. The Hall–Kier alpha value is -0.940. The van der Waals surface area contributed by atoms with Crippen molar-refractivity contribution in [2.45, 2.75) is 38.9 Å². The van der Waals surface area contributed by atoms with Gasteiger partial charge in [0, 0.05) is 19.1 Å². The number of nitrogens with zero attached hydrogens (tertiary/aromatic N) is 4. The molecule has 0 saturated heterocycles. The molecular formula is C10H19N5. The normalized spacial score (nSPS) is 18.8. The predicted octanol–water partition coefficient (Wildman–Crippen LogP) is 0.221. The van der Waals surface area contributed by atoms with Gasteiger partial charge in [0.1, 0.15) is 12.2 Å². The molecule has 1 atom stereocenters. The van der Waals surface area contributed by atoms with Gasteiger partial charge in [-0.25, -0.2) is 0 Å². The average molecular weight is 209 g/mol. The quantitative estimate of drug-likeness (QED) is 0.770. The minimum atomic E-state index is 0.598. The maximum absolute atomic E-state index is 5.63. The van der Waals surface area contributed by atoms with E-state index < -0.39 is 0 Å².